The molecule has 1 aromatic carbocycles. The number of carbonyl (C=O) groups is 2. The average Bonchev–Trinajstić information content (AvgIpc) is 3.11. The normalized spacial score (nSPS) is 16.4. The number of carbonyl (C=O) groups excluding carboxylic acids is 2. The fourth-order valence-corrected chi connectivity index (χ4v) is 2.59. The molecule has 1 atom stereocenters. The first kappa shape index (κ1) is 16.9. The molecule has 1 unspecified atom stereocenters. The number of nitrogens with one attached hydrogen (secondary N) is 3. The molecule has 0 radical (unpaired) electrons. The summed E-state index contributed by atoms with van der Waals surface area (Å²) in [6.07, 6.45) is 1.22. The lowest BCUT2D eigenvalue weighted by Crippen LogP contribution is -2.26. The van der Waals surface area contributed by atoms with E-state index in [9.17, 15) is 14.4 Å². The zero-order valence-electron chi connectivity index (χ0n) is 13.8. The van der Waals surface area contributed by atoms with Crippen LogP contribution in [0.1, 0.15) is 28.9 Å². The lowest BCUT2D eigenvalue weighted by Gasteiger charge is -2.11. The molecule has 1 aromatic heterocycles. The lowest BCUT2D eigenvalue weighted by atomic mass is 10.2. The number of rotatable bonds is 4. The Morgan fingerprint density at radius 1 is 1.08 bits per heavy atom. The number of pyridine rings is 1. The fourth-order valence-electron chi connectivity index (χ4n) is 2.59. The highest BCUT2D eigenvalue weighted by Gasteiger charge is 2.23. The molecular weight excluding hydrogens is 322 g/mol. The van der Waals surface area contributed by atoms with Crippen molar-refractivity contribution in [1.82, 2.24) is 4.98 Å². The van der Waals surface area contributed by atoms with E-state index < -0.39 is 17.6 Å². The molecule has 7 heteroatoms. The van der Waals surface area contributed by atoms with Gasteiger partial charge in [-0.05, 0) is 56.2 Å². The van der Waals surface area contributed by atoms with E-state index in [0.717, 1.165) is 12.8 Å². The van der Waals surface area contributed by atoms with Gasteiger partial charge in [-0.15, -0.1) is 0 Å². The summed E-state index contributed by atoms with van der Waals surface area (Å²) in [6.45, 7) is 2.36. The quantitative estimate of drug-likeness (QED) is 0.792. The van der Waals surface area contributed by atoms with Crippen molar-refractivity contribution in [3.05, 3.63) is 58.0 Å². The predicted molar refractivity (Wildman–Crippen MR) is 93.8 cm³/mol. The number of anilines is 2. The van der Waals surface area contributed by atoms with Crippen LogP contribution in [0.25, 0.3) is 0 Å². The second-order valence-corrected chi connectivity index (χ2v) is 5.91. The third kappa shape index (κ3) is 4.13. The zero-order chi connectivity index (χ0) is 17.8. The van der Waals surface area contributed by atoms with Gasteiger partial charge in [0.15, 0.2) is 0 Å². The molecule has 0 saturated carbocycles. The number of ether oxygens (including phenoxy) is 1. The van der Waals surface area contributed by atoms with E-state index in [4.69, 9.17) is 4.74 Å². The minimum Gasteiger partial charge on any atom is -0.368 e. The van der Waals surface area contributed by atoms with Gasteiger partial charge in [-0.2, -0.15) is 0 Å². The number of hydrogen-bond acceptors (Lipinski definition) is 4. The molecule has 0 spiro atoms. The van der Waals surface area contributed by atoms with E-state index in [-0.39, 0.29) is 11.5 Å². The van der Waals surface area contributed by atoms with Gasteiger partial charge in [-0.25, -0.2) is 0 Å². The Labute approximate surface area is 144 Å². The average molecular weight is 341 g/mol. The minimum atomic E-state index is -0.489. The van der Waals surface area contributed by atoms with Crippen LogP contribution in [-0.4, -0.2) is 29.5 Å². The summed E-state index contributed by atoms with van der Waals surface area (Å²) in [5, 5.41) is 5.44. The minimum absolute atomic E-state index is 0.0429. The van der Waals surface area contributed by atoms with Crippen LogP contribution in [-0.2, 0) is 9.53 Å². The van der Waals surface area contributed by atoms with Crippen molar-refractivity contribution in [2.75, 3.05) is 17.2 Å². The summed E-state index contributed by atoms with van der Waals surface area (Å²) in [7, 11) is 0. The largest absolute Gasteiger partial charge is 0.368 e. The number of hydrogen-bond donors (Lipinski definition) is 3. The first-order chi connectivity index (χ1) is 12.0. The molecule has 3 N–H and O–H groups in total. The third-order valence-corrected chi connectivity index (χ3v) is 3.93. The first-order valence-corrected chi connectivity index (χ1v) is 8.07. The maximum absolute atomic E-state index is 12.2. The van der Waals surface area contributed by atoms with Crippen LogP contribution < -0.4 is 16.2 Å². The molecule has 2 heterocycles. The van der Waals surface area contributed by atoms with Crippen LogP contribution in [0, 0.1) is 6.92 Å². The van der Waals surface area contributed by atoms with Gasteiger partial charge >= 0.3 is 0 Å². The van der Waals surface area contributed by atoms with Crippen molar-refractivity contribution >= 4 is 23.2 Å². The Morgan fingerprint density at radius 2 is 1.76 bits per heavy atom. The smallest absolute Gasteiger partial charge is 0.261 e. The van der Waals surface area contributed by atoms with Crippen LogP contribution >= 0.6 is 0 Å². The SMILES string of the molecule is Cc1ccc(C(=O)Nc2ccc(NC(=O)C3CCCO3)cc2)c(=O)[nH]1. The van der Waals surface area contributed by atoms with Crippen LogP contribution in [0.2, 0.25) is 0 Å². The van der Waals surface area contributed by atoms with Crippen LogP contribution in [0.3, 0.4) is 0 Å². The van der Waals surface area contributed by atoms with Gasteiger partial charge in [0.1, 0.15) is 11.7 Å². The topological polar surface area (TPSA) is 100 Å². The first-order valence-electron chi connectivity index (χ1n) is 8.07. The molecule has 1 aliphatic heterocycles. The van der Waals surface area contributed by atoms with Crippen molar-refractivity contribution in [2.45, 2.75) is 25.9 Å². The molecule has 2 amide bonds. The van der Waals surface area contributed by atoms with Crippen molar-refractivity contribution < 1.29 is 14.3 Å². The molecule has 1 saturated heterocycles. The Morgan fingerprint density at radius 3 is 2.36 bits per heavy atom. The molecule has 7 nitrogen and oxygen atoms in total. The summed E-state index contributed by atoms with van der Waals surface area (Å²) in [5.74, 6) is -0.655. The number of H-pyrrole nitrogens is 1. The predicted octanol–water partition coefficient (Wildman–Crippen LogP) is 2.05. The monoisotopic (exact) mass is 341 g/mol. The highest BCUT2D eigenvalue weighted by atomic mass is 16.5. The van der Waals surface area contributed by atoms with Gasteiger partial charge in [0.05, 0.1) is 0 Å². The van der Waals surface area contributed by atoms with E-state index in [0.29, 0.717) is 23.7 Å². The molecule has 25 heavy (non-hydrogen) atoms. The lowest BCUT2D eigenvalue weighted by molar-refractivity contribution is -0.124. The van der Waals surface area contributed by atoms with E-state index >= 15 is 0 Å². The van der Waals surface area contributed by atoms with Crippen molar-refractivity contribution in [3.63, 3.8) is 0 Å². The third-order valence-electron chi connectivity index (χ3n) is 3.93. The summed E-state index contributed by atoms with van der Waals surface area (Å²) < 4.78 is 5.33. The van der Waals surface area contributed by atoms with Crippen LogP contribution in [0.5, 0.6) is 0 Å². The second-order valence-electron chi connectivity index (χ2n) is 5.91. The second kappa shape index (κ2) is 7.31. The van der Waals surface area contributed by atoms with Gasteiger partial charge in [0, 0.05) is 23.7 Å². The zero-order valence-corrected chi connectivity index (χ0v) is 13.8. The Kier molecular flexibility index (Phi) is 4.95. The maximum atomic E-state index is 12.2. The summed E-state index contributed by atoms with van der Waals surface area (Å²) >= 11 is 0. The van der Waals surface area contributed by atoms with Crippen LogP contribution in [0.15, 0.2) is 41.2 Å². The van der Waals surface area contributed by atoms with E-state index in [1.807, 2.05) is 0 Å². The number of benzene rings is 1. The van der Waals surface area contributed by atoms with Crippen molar-refractivity contribution in [3.8, 4) is 0 Å². The van der Waals surface area contributed by atoms with E-state index in [1.54, 1.807) is 37.3 Å². The van der Waals surface area contributed by atoms with Gasteiger partial charge in [0.2, 0.25) is 0 Å². The number of aryl methyl sites for hydroxylation is 1. The molecule has 1 aliphatic rings. The van der Waals surface area contributed by atoms with Gasteiger partial charge < -0.3 is 20.4 Å². The highest BCUT2D eigenvalue weighted by Crippen LogP contribution is 2.17. The van der Waals surface area contributed by atoms with Crippen molar-refractivity contribution in [2.24, 2.45) is 0 Å². The summed E-state index contributed by atoms with van der Waals surface area (Å²) in [4.78, 5) is 38.5. The molecule has 0 bridgehead atoms. The Balaban J connectivity index is 1.63. The Bertz CT molecular complexity index is 836. The van der Waals surface area contributed by atoms with Gasteiger partial charge in [-0.1, -0.05) is 0 Å². The highest BCUT2D eigenvalue weighted by molar-refractivity contribution is 6.04. The van der Waals surface area contributed by atoms with Gasteiger partial charge in [-0.3, -0.25) is 14.4 Å². The molecule has 2 aromatic rings. The molecule has 1 fully saturated rings. The molecule has 3 rings (SSSR count). The van der Waals surface area contributed by atoms with Crippen molar-refractivity contribution in [1.29, 1.82) is 0 Å². The number of aromatic amines is 1. The van der Waals surface area contributed by atoms with E-state index in [1.165, 1.54) is 6.07 Å². The summed E-state index contributed by atoms with van der Waals surface area (Å²) in [5.41, 5.74) is 1.44. The van der Waals surface area contributed by atoms with E-state index in [2.05, 4.69) is 15.6 Å². The fraction of sp³-hybridized carbons (Fsp3) is 0.278. The maximum Gasteiger partial charge on any atom is 0.261 e. The molecular formula is C18H19N3O4. The van der Waals surface area contributed by atoms with Gasteiger partial charge in [0.25, 0.3) is 17.4 Å². The number of amides is 2. The molecule has 0 aliphatic carbocycles. The Hall–Kier alpha value is -2.93. The van der Waals surface area contributed by atoms with Crippen LogP contribution in [0.4, 0.5) is 11.4 Å². The molecule has 130 valence electrons. The number of aromatic nitrogens is 1. The standard InChI is InChI=1S/C18H19N3O4/c1-11-4-9-14(16(22)19-11)17(23)20-12-5-7-13(8-6-12)21-18(24)15-3-2-10-25-15/h4-9,15H,2-3,10H2,1H3,(H,19,22)(H,20,23)(H,21,24). The summed E-state index contributed by atoms with van der Waals surface area (Å²) in [6, 6.07) is 9.83.